The Morgan fingerprint density at radius 3 is 2.50 bits per heavy atom. The topological polar surface area (TPSA) is 49.0 Å². The molecule has 0 aliphatic heterocycles. The lowest BCUT2D eigenvalue weighted by Crippen LogP contribution is -2.53. The zero-order valence-electron chi connectivity index (χ0n) is 16.3. The fraction of sp³-hybridized carbons (Fsp3) is 0.455. The molecule has 3 rings (SSSR count). The summed E-state index contributed by atoms with van der Waals surface area (Å²) in [6, 6.07) is 12.8. The van der Waals surface area contributed by atoms with Gasteiger partial charge in [-0.3, -0.25) is 4.79 Å². The lowest BCUT2D eigenvalue weighted by molar-refractivity contribution is 0.0497. The van der Waals surface area contributed by atoms with Crippen molar-refractivity contribution in [1.29, 1.82) is 5.26 Å². The van der Waals surface area contributed by atoms with Crippen molar-refractivity contribution in [2.75, 3.05) is 7.05 Å². The van der Waals surface area contributed by atoms with Crippen LogP contribution in [-0.2, 0) is 0 Å². The van der Waals surface area contributed by atoms with Crippen LogP contribution < -0.4 is 0 Å². The van der Waals surface area contributed by atoms with Crippen LogP contribution in [0.25, 0.3) is 5.69 Å². The zero-order valence-corrected chi connectivity index (χ0v) is 16.3. The van der Waals surface area contributed by atoms with Gasteiger partial charge in [0.05, 0.1) is 11.6 Å². The summed E-state index contributed by atoms with van der Waals surface area (Å²) in [7, 11) is 1.76. The lowest BCUT2D eigenvalue weighted by atomic mass is 9.76. The van der Waals surface area contributed by atoms with Gasteiger partial charge in [-0.2, -0.15) is 5.26 Å². The Morgan fingerprint density at radius 2 is 1.96 bits per heavy atom. The van der Waals surface area contributed by atoms with Gasteiger partial charge in [-0.1, -0.05) is 26.0 Å². The molecule has 0 unspecified atom stereocenters. The zero-order chi connectivity index (χ0) is 19.1. The highest BCUT2D eigenvalue weighted by molar-refractivity contribution is 5.96. The number of rotatable bonds is 4. The van der Waals surface area contributed by atoms with Crippen LogP contribution in [0.4, 0.5) is 0 Å². The standard InChI is InChI=1S/C22H27N3O/c1-15(2)18-8-6-9-19(13-18)25-16(3)12-20(17(25)4)21(26)24(5)22(14-23)10-7-11-22/h6,8-9,12-13,15H,7,10-11H2,1-5H3. The molecule has 0 saturated heterocycles. The van der Waals surface area contributed by atoms with Gasteiger partial charge in [0.2, 0.25) is 0 Å². The summed E-state index contributed by atoms with van der Waals surface area (Å²) in [5.41, 5.74) is 4.36. The second-order valence-corrected chi connectivity index (χ2v) is 7.73. The van der Waals surface area contributed by atoms with Crippen molar-refractivity contribution >= 4 is 5.91 Å². The maximum absolute atomic E-state index is 13.1. The molecule has 1 aromatic carbocycles. The summed E-state index contributed by atoms with van der Waals surface area (Å²) >= 11 is 0. The van der Waals surface area contributed by atoms with E-state index in [1.807, 2.05) is 19.9 Å². The number of amides is 1. The fourth-order valence-electron chi connectivity index (χ4n) is 3.81. The van der Waals surface area contributed by atoms with E-state index in [0.29, 0.717) is 11.5 Å². The number of aryl methyl sites for hydroxylation is 1. The van der Waals surface area contributed by atoms with E-state index in [2.05, 4.69) is 48.7 Å². The third-order valence-electron chi connectivity index (χ3n) is 5.79. The van der Waals surface area contributed by atoms with Crippen LogP contribution >= 0.6 is 0 Å². The highest BCUT2D eigenvalue weighted by Gasteiger charge is 2.44. The molecule has 1 aliphatic rings. The summed E-state index contributed by atoms with van der Waals surface area (Å²) in [5.74, 6) is 0.387. The van der Waals surface area contributed by atoms with Crippen molar-refractivity contribution in [3.8, 4) is 11.8 Å². The molecular weight excluding hydrogens is 322 g/mol. The van der Waals surface area contributed by atoms with Crippen LogP contribution in [-0.4, -0.2) is 28.0 Å². The average molecular weight is 349 g/mol. The van der Waals surface area contributed by atoms with E-state index in [4.69, 9.17) is 0 Å². The molecule has 0 N–H and O–H groups in total. The SMILES string of the molecule is Cc1cc(C(=O)N(C)C2(C#N)CCC2)c(C)n1-c1cccc(C(C)C)c1. The molecular formula is C22H27N3O. The summed E-state index contributed by atoms with van der Waals surface area (Å²) in [6.45, 7) is 8.36. The number of hydrogen-bond donors (Lipinski definition) is 0. The van der Waals surface area contributed by atoms with Crippen molar-refractivity contribution in [1.82, 2.24) is 9.47 Å². The van der Waals surface area contributed by atoms with Gasteiger partial charge in [0, 0.05) is 24.1 Å². The highest BCUT2D eigenvalue weighted by atomic mass is 16.2. The number of carbonyl (C=O) groups excluding carboxylic acids is 1. The predicted octanol–water partition coefficient (Wildman–Crippen LogP) is 4.74. The predicted molar refractivity (Wildman–Crippen MR) is 104 cm³/mol. The second-order valence-electron chi connectivity index (χ2n) is 7.73. The summed E-state index contributed by atoms with van der Waals surface area (Å²) in [5, 5.41) is 9.54. The molecule has 0 spiro atoms. The van der Waals surface area contributed by atoms with Crippen molar-refractivity contribution in [2.45, 2.75) is 58.4 Å². The van der Waals surface area contributed by atoms with Crippen LogP contribution in [0.2, 0.25) is 0 Å². The molecule has 0 radical (unpaired) electrons. The minimum atomic E-state index is -0.628. The monoisotopic (exact) mass is 349 g/mol. The van der Waals surface area contributed by atoms with Crippen LogP contribution in [0.3, 0.4) is 0 Å². The molecule has 1 fully saturated rings. The number of nitrogens with zero attached hydrogens (tertiary/aromatic N) is 3. The van der Waals surface area contributed by atoms with Gasteiger partial charge in [0.1, 0.15) is 5.54 Å². The van der Waals surface area contributed by atoms with E-state index in [-0.39, 0.29) is 5.91 Å². The average Bonchev–Trinajstić information content (AvgIpc) is 2.88. The van der Waals surface area contributed by atoms with Gasteiger partial charge >= 0.3 is 0 Å². The van der Waals surface area contributed by atoms with Gasteiger partial charge in [-0.15, -0.1) is 0 Å². The van der Waals surface area contributed by atoms with Crippen LogP contribution in [0.1, 0.15) is 66.3 Å². The van der Waals surface area contributed by atoms with Crippen molar-refractivity contribution < 1.29 is 4.79 Å². The molecule has 1 heterocycles. The Kier molecular flexibility index (Phi) is 4.66. The molecule has 4 nitrogen and oxygen atoms in total. The normalized spacial score (nSPS) is 15.4. The number of aromatic nitrogens is 1. The van der Waals surface area contributed by atoms with Gasteiger partial charge in [-0.05, 0) is 62.8 Å². The Bertz CT molecular complexity index is 881. The number of benzene rings is 1. The Hall–Kier alpha value is -2.54. The maximum Gasteiger partial charge on any atom is 0.256 e. The summed E-state index contributed by atoms with van der Waals surface area (Å²) < 4.78 is 2.13. The van der Waals surface area contributed by atoms with Crippen LogP contribution in [0, 0.1) is 25.2 Å². The minimum Gasteiger partial charge on any atom is -0.323 e. The maximum atomic E-state index is 13.1. The third kappa shape index (κ3) is 2.82. The quantitative estimate of drug-likeness (QED) is 0.801. The molecule has 1 amide bonds. The van der Waals surface area contributed by atoms with E-state index in [9.17, 15) is 10.1 Å². The van der Waals surface area contributed by atoms with Crippen molar-refractivity contribution in [2.24, 2.45) is 0 Å². The molecule has 1 aromatic heterocycles. The molecule has 0 atom stereocenters. The summed E-state index contributed by atoms with van der Waals surface area (Å²) in [4.78, 5) is 14.7. The minimum absolute atomic E-state index is 0.0642. The summed E-state index contributed by atoms with van der Waals surface area (Å²) in [6.07, 6.45) is 2.54. The molecule has 1 saturated carbocycles. The van der Waals surface area contributed by atoms with Crippen molar-refractivity contribution in [3.63, 3.8) is 0 Å². The lowest BCUT2D eigenvalue weighted by Gasteiger charge is -2.42. The first kappa shape index (κ1) is 18.3. The first-order valence-electron chi connectivity index (χ1n) is 9.29. The van der Waals surface area contributed by atoms with E-state index in [1.165, 1.54) is 5.56 Å². The van der Waals surface area contributed by atoms with Crippen LogP contribution in [0.5, 0.6) is 0 Å². The smallest absolute Gasteiger partial charge is 0.256 e. The van der Waals surface area contributed by atoms with Gasteiger partial charge in [0.15, 0.2) is 0 Å². The van der Waals surface area contributed by atoms with Gasteiger partial charge in [-0.25, -0.2) is 0 Å². The van der Waals surface area contributed by atoms with E-state index < -0.39 is 5.54 Å². The first-order valence-corrected chi connectivity index (χ1v) is 9.29. The fourth-order valence-corrected chi connectivity index (χ4v) is 3.81. The van der Waals surface area contributed by atoms with E-state index >= 15 is 0 Å². The largest absolute Gasteiger partial charge is 0.323 e. The Balaban J connectivity index is 2.00. The number of carbonyl (C=O) groups is 1. The van der Waals surface area contributed by atoms with Gasteiger partial charge in [0.25, 0.3) is 5.91 Å². The Labute approximate surface area is 156 Å². The third-order valence-corrected chi connectivity index (χ3v) is 5.79. The first-order chi connectivity index (χ1) is 12.3. The van der Waals surface area contributed by atoms with Crippen molar-refractivity contribution in [3.05, 3.63) is 52.8 Å². The van der Waals surface area contributed by atoms with Crippen LogP contribution in [0.15, 0.2) is 30.3 Å². The molecule has 2 aromatic rings. The molecule has 1 aliphatic carbocycles. The number of nitriles is 1. The molecule has 26 heavy (non-hydrogen) atoms. The molecule has 0 bridgehead atoms. The molecule has 4 heteroatoms. The number of hydrogen-bond acceptors (Lipinski definition) is 2. The van der Waals surface area contributed by atoms with E-state index in [0.717, 1.165) is 36.3 Å². The second kappa shape index (κ2) is 6.64. The molecule has 136 valence electrons. The van der Waals surface area contributed by atoms with Gasteiger partial charge < -0.3 is 9.47 Å². The van der Waals surface area contributed by atoms with E-state index in [1.54, 1.807) is 11.9 Å². The Morgan fingerprint density at radius 1 is 1.27 bits per heavy atom. The highest BCUT2D eigenvalue weighted by Crippen LogP contribution is 2.37.